The van der Waals surface area contributed by atoms with Gasteiger partial charge in [0, 0.05) is 4.47 Å². The molecule has 1 aromatic heterocycles. The lowest BCUT2D eigenvalue weighted by Crippen LogP contribution is -2.16. The van der Waals surface area contributed by atoms with E-state index in [0.29, 0.717) is 30.5 Å². The van der Waals surface area contributed by atoms with Crippen LogP contribution in [0.15, 0.2) is 68.6 Å². The zero-order valence-electron chi connectivity index (χ0n) is 16.1. The van der Waals surface area contributed by atoms with E-state index in [1.807, 2.05) is 49.4 Å². The van der Waals surface area contributed by atoms with Crippen molar-refractivity contribution in [3.05, 3.63) is 81.7 Å². The van der Waals surface area contributed by atoms with Crippen molar-refractivity contribution in [3.63, 3.8) is 0 Å². The predicted octanol–water partition coefficient (Wildman–Crippen LogP) is 5.09. The molecule has 3 aromatic rings. The average Bonchev–Trinajstić information content (AvgIpc) is 3.15. The van der Waals surface area contributed by atoms with Gasteiger partial charge in [-0.15, -0.1) is 0 Å². The molecule has 0 saturated carbocycles. The van der Waals surface area contributed by atoms with Crippen molar-refractivity contribution in [2.45, 2.75) is 20.5 Å². The van der Waals surface area contributed by atoms with Gasteiger partial charge >= 0.3 is 5.91 Å². The number of hydrogen-bond donors (Lipinski definition) is 1. The van der Waals surface area contributed by atoms with Gasteiger partial charge in [-0.2, -0.15) is 5.10 Å². The van der Waals surface area contributed by atoms with Gasteiger partial charge in [0.25, 0.3) is 0 Å². The Labute approximate surface area is 177 Å². The molecule has 0 aliphatic heterocycles. The van der Waals surface area contributed by atoms with Crippen molar-refractivity contribution in [2.24, 2.45) is 5.10 Å². The maximum absolute atomic E-state index is 11.9. The fourth-order valence-electron chi connectivity index (χ4n) is 2.51. The summed E-state index contributed by atoms with van der Waals surface area (Å²) in [5.74, 6) is 1.72. The first kappa shape index (κ1) is 20.7. The highest BCUT2D eigenvalue weighted by Crippen LogP contribution is 2.29. The van der Waals surface area contributed by atoms with Crippen LogP contribution in [0, 0.1) is 6.92 Å². The first-order chi connectivity index (χ1) is 14.0. The maximum atomic E-state index is 11.9. The average molecular weight is 457 g/mol. The summed E-state index contributed by atoms with van der Waals surface area (Å²) in [7, 11) is 0. The number of benzene rings is 2. The fraction of sp³-hybridized carbons (Fsp3) is 0.182. The maximum Gasteiger partial charge on any atom is 0.307 e. The van der Waals surface area contributed by atoms with Crippen LogP contribution in [-0.2, 0) is 6.61 Å². The smallest absolute Gasteiger partial charge is 0.307 e. The Kier molecular flexibility index (Phi) is 7.08. The molecule has 6 nitrogen and oxygen atoms in total. The predicted molar refractivity (Wildman–Crippen MR) is 115 cm³/mol. The third-order valence-electron chi connectivity index (χ3n) is 3.92. The summed E-state index contributed by atoms with van der Waals surface area (Å²) < 4.78 is 17.9. The zero-order chi connectivity index (χ0) is 20.6. The number of amides is 1. The van der Waals surface area contributed by atoms with Gasteiger partial charge in [-0.05, 0) is 67.4 Å². The van der Waals surface area contributed by atoms with Gasteiger partial charge < -0.3 is 13.9 Å². The molecule has 7 heteroatoms. The summed E-state index contributed by atoms with van der Waals surface area (Å²) in [5.41, 5.74) is 4.26. The molecule has 0 spiro atoms. The molecule has 29 heavy (non-hydrogen) atoms. The Morgan fingerprint density at radius 2 is 1.90 bits per heavy atom. The number of rotatable bonds is 8. The van der Waals surface area contributed by atoms with E-state index in [9.17, 15) is 4.79 Å². The second-order valence-electron chi connectivity index (χ2n) is 6.16. The molecular formula is C22H21BrN2O4. The lowest BCUT2D eigenvalue weighted by Gasteiger charge is -2.12. The van der Waals surface area contributed by atoms with Gasteiger partial charge in [-0.3, -0.25) is 4.79 Å². The topological polar surface area (TPSA) is 73.1 Å². The third-order valence-corrected chi connectivity index (χ3v) is 4.45. The molecular weight excluding hydrogens is 436 g/mol. The van der Waals surface area contributed by atoms with Gasteiger partial charge in [0.05, 0.1) is 12.8 Å². The SMILES string of the molecule is CCOc1cc(/C=N\NC(=O)c2ccc(C)o2)ccc1OCc1ccc(Br)cc1. The third kappa shape index (κ3) is 5.96. The minimum atomic E-state index is -0.408. The lowest BCUT2D eigenvalue weighted by atomic mass is 10.2. The van der Waals surface area contributed by atoms with Crippen molar-refractivity contribution < 1.29 is 18.7 Å². The van der Waals surface area contributed by atoms with E-state index < -0.39 is 5.91 Å². The van der Waals surface area contributed by atoms with Crippen molar-refractivity contribution in [1.82, 2.24) is 5.43 Å². The first-order valence-corrected chi connectivity index (χ1v) is 9.88. The number of ether oxygens (including phenoxy) is 2. The second kappa shape index (κ2) is 9.93. The highest BCUT2D eigenvalue weighted by molar-refractivity contribution is 9.10. The highest BCUT2D eigenvalue weighted by atomic mass is 79.9. The van der Waals surface area contributed by atoms with Crippen LogP contribution in [0.4, 0.5) is 0 Å². The molecule has 0 radical (unpaired) electrons. The van der Waals surface area contributed by atoms with E-state index in [2.05, 4.69) is 26.5 Å². The van der Waals surface area contributed by atoms with E-state index >= 15 is 0 Å². The molecule has 0 aliphatic carbocycles. The van der Waals surface area contributed by atoms with Crippen LogP contribution in [0.1, 0.15) is 34.4 Å². The molecule has 0 unspecified atom stereocenters. The molecule has 0 aliphatic rings. The summed E-state index contributed by atoms with van der Waals surface area (Å²) in [4.78, 5) is 11.9. The first-order valence-electron chi connectivity index (χ1n) is 9.09. The summed E-state index contributed by atoms with van der Waals surface area (Å²) in [6.45, 7) is 4.61. The van der Waals surface area contributed by atoms with Crippen molar-refractivity contribution >= 4 is 28.1 Å². The standard InChI is InChI=1S/C22H21BrN2O4/c1-3-27-21-12-17(13-24-25-22(26)20-10-4-15(2)29-20)7-11-19(21)28-14-16-5-8-18(23)9-6-16/h4-13H,3,14H2,1-2H3,(H,25,26)/b24-13-. The minimum Gasteiger partial charge on any atom is -0.490 e. The quantitative estimate of drug-likeness (QED) is 0.378. The molecule has 0 saturated heterocycles. The Balaban J connectivity index is 1.64. The largest absolute Gasteiger partial charge is 0.490 e. The van der Waals surface area contributed by atoms with Crippen LogP contribution in [0.2, 0.25) is 0 Å². The number of hydrazone groups is 1. The van der Waals surface area contributed by atoms with Gasteiger partial charge in [0.1, 0.15) is 12.4 Å². The van der Waals surface area contributed by atoms with Crippen LogP contribution in [-0.4, -0.2) is 18.7 Å². The number of nitrogens with one attached hydrogen (secondary N) is 1. The number of carbonyl (C=O) groups is 1. The van der Waals surface area contributed by atoms with E-state index in [1.54, 1.807) is 19.1 Å². The molecule has 0 fully saturated rings. The molecule has 1 N–H and O–H groups in total. The highest BCUT2D eigenvalue weighted by Gasteiger charge is 2.09. The van der Waals surface area contributed by atoms with Crippen LogP contribution >= 0.6 is 15.9 Å². The fourth-order valence-corrected chi connectivity index (χ4v) is 2.78. The summed E-state index contributed by atoms with van der Waals surface area (Å²) >= 11 is 3.42. The Morgan fingerprint density at radius 3 is 2.59 bits per heavy atom. The van der Waals surface area contributed by atoms with E-state index in [1.165, 1.54) is 6.21 Å². The van der Waals surface area contributed by atoms with Gasteiger partial charge in [-0.25, -0.2) is 5.43 Å². The normalized spacial score (nSPS) is 10.9. The number of hydrogen-bond acceptors (Lipinski definition) is 5. The van der Waals surface area contributed by atoms with Gasteiger partial charge in [-0.1, -0.05) is 28.1 Å². The van der Waals surface area contributed by atoms with E-state index in [-0.39, 0.29) is 5.76 Å². The lowest BCUT2D eigenvalue weighted by molar-refractivity contribution is 0.0926. The Hall–Kier alpha value is -3.06. The van der Waals surface area contributed by atoms with Crippen molar-refractivity contribution in [3.8, 4) is 11.5 Å². The van der Waals surface area contributed by atoms with Gasteiger partial charge in [0.15, 0.2) is 17.3 Å². The number of aryl methyl sites for hydroxylation is 1. The molecule has 1 heterocycles. The van der Waals surface area contributed by atoms with E-state index in [0.717, 1.165) is 15.6 Å². The Bertz CT molecular complexity index is 996. The number of halogens is 1. The number of nitrogens with zero attached hydrogens (tertiary/aromatic N) is 1. The minimum absolute atomic E-state index is 0.214. The molecule has 150 valence electrons. The Morgan fingerprint density at radius 1 is 1.10 bits per heavy atom. The zero-order valence-corrected chi connectivity index (χ0v) is 17.7. The number of carbonyl (C=O) groups excluding carboxylic acids is 1. The van der Waals surface area contributed by atoms with Crippen LogP contribution in [0.3, 0.4) is 0 Å². The molecule has 3 rings (SSSR count). The van der Waals surface area contributed by atoms with Gasteiger partial charge in [0.2, 0.25) is 0 Å². The molecule has 0 bridgehead atoms. The van der Waals surface area contributed by atoms with Crippen LogP contribution in [0.25, 0.3) is 0 Å². The summed E-state index contributed by atoms with van der Waals surface area (Å²) in [6, 6.07) is 16.7. The van der Waals surface area contributed by atoms with Crippen LogP contribution < -0.4 is 14.9 Å². The molecule has 2 aromatic carbocycles. The summed E-state index contributed by atoms with van der Waals surface area (Å²) in [6.07, 6.45) is 1.54. The summed E-state index contributed by atoms with van der Waals surface area (Å²) in [5, 5.41) is 3.97. The number of furan rings is 1. The van der Waals surface area contributed by atoms with Crippen LogP contribution in [0.5, 0.6) is 11.5 Å². The monoisotopic (exact) mass is 456 g/mol. The molecule has 0 atom stereocenters. The second-order valence-corrected chi connectivity index (χ2v) is 7.08. The van der Waals surface area contributed by atoms with Crippen molar-refractivity contribution in [2.75, 3.05) is 6.61 Å². The molecule has 1 amide bonds. The van der Waals surface area contributed by atoms with E-state index in [4.69, 9.17) is 13.9 Å². The van der Waals surface area contributed by atoms with Crippen molar-refractivity contribution in [1.29, 1.82) is 0 Å².